The molecule has 0 spiro atoms. The number of fused-ring (bicyclic) bond motifs is 1. The highest BCUT2D eigenvalue weighted by molar-refractivity contribution is 7.16. The molecule has 2 N–H and O–H groups in total. The van der Waals surface area contributed by atoms with E-state index in [1.807, 2.05) is 19.3 Å². The molecule has 3 aromatic rings. The molecule has 0 saturated carbocycles. The third kappa shape index (κ3) is 1.61. The molecule has 0 amide bonds. The molecule has 0 unspecified atom stereocenters. The lowest BCUT2D eigenvalue weighted by atomic mass is 10.1. The largest absolute Gasteiger partial charge is 0.365 e. The van der Waals surface area contributed by atoms with Gasteiger partial charge in [-0.2, -0.15) is 0 Å². The van der Waals surface area contributed by atoms with Gasteiger partial charge in [0.2, 0.25) is 0 Å². The summed E-state index contributed by atoms with van der Waals surface area (Å²) >= 11 is 1.69. The van der Waals surface area contributed by atoms with Crippen LogP contribution in [0, 0.1) is 6.92 Å². The molecule has 0 atom stereocenters. The molecule has 2 aromatic heterocycles. The Morgan fingerprint density at radius 1 is 1.29 bits per heavy atom. The minimum Gasteiger partial charge on any atom is -0.365 e. The number of para-hydroxylation sites is 1. The Labute approximate surface area is 104 Å². The van der Waals surface area contributed by atoms with E-state index in [9.17, 15) is 0 Å². The molecule has 0 aliphatic heterocycles. The average Bonchev–Trinajstić information content (AvgIpc) is 2.92. The number of rotatable bonds is 2. The molecule has 4 heteroatoms. The summed E-state index contributed by atoms with van der Waals surface area (Å²) in [4.78, 5) is 9.13. The van der Waals surface area contributed by atoms with Gasteiger partial charge in [0, 0.05) is 34.6 Å². The third-order valence-electron chi connectivity index (χ3n) is 2.85. The van der Waals surface area contributed by atoms with E-state index in [0.717, 1.165) is 16.3 Å². The van der Waals surface area contributed by atoms with Crippen molar-refractivity contribution in [2.75, 3.05) is 12.4 Å². The van der Waals surface area contributed by atoms with Crippen LogP contribution in [0.1, 0.15) is 4.88 Å². The maximum atomic E-state index is 4.61. The van der Waals surface area contributed by atoms with Crippen LogP contribution in [0.2, 0.25) is 0 Å². The van der Waals surface area contributed by atoms with Gasteiger partial charge < -0.3 is 10.3 Å². The Bertz CT molecular complexity index is 666. The van der Waals surface area contributed by atoms with Crippen molar-refractivity contribution < 1.29 is 0 Å². The zero-order chi connectivity index (χ0) is 11.8. The minimum atomic E-state index is 0.961. The molecule has 1 aromatic carbocycles. The molecule has 86 valence electrons. The number of thiazole rings is 1. The second kappa shape index (κ2) is 3.89. The predicted molar refractivity (Wildman–Crippen MR) is 73.7 cm³/mol. The monoisotopic (exact) mass is 243 g/mol. The van der Waals surface area contributed by atoms with Crippen LogP contribution in [0.25, 0.3) is 22.2 Å². The van der Waals surface area contributed by atoms with Gasteiger partial charge in [-0.05, 0) is 13.0 Å². The first kappa shape index (κ1) is 10.4. The summed E-state index contributed by atoms with van der Waals surface area (Å²) in [6, 6.07) is 8.30. The minimum absolute atomic E-state index is 0.961. The van der Waals surface area contributed by atoms with E-state index in [1.54, 1.807) is 11.3 Å². The fourth-order valence-corrected chi connectivity index (χ4v) is 2.80. The lowest BCUT2D eigenvalue weighted by Crippen LogP contribution is -1.85. The Morgan fingerprint density at radius 3 is 2.88 bits per heavy atom. The molecule has 0 radical (unpaired) electrons. The molecule has 0 bridgehead atoms. The molecular weight excluding hydrogens is 230 g/mol. The van der Waals surface area contributed by atoms with Crippen molar-refractivity contribution in [3.8, 4) is 11.3 Å². The summed E-state index contributed by atoms with van der Waals surface area (Å²) in [5.41, 5.74) is 3.40. The Hall–Kier alpha value is -1.81. The summed E-state index contributed by atoms with van der Waals surface area (Å²) in [7, 11) is 1.90. The zero-order valence-corrected chi connectivity index (χ0v) is 10.6. The van der Waals surface area contributed by atoms with Crippen molar-refractivity contribution in [3.05, 3.63) is 35.3 Å². The Kier molecular flexibility index (Phi) is 2.37. The number of aromatic nitrogens is 2. The van der Waals surface area contributed by atoms with Crippen LogP contribution in [0.15, 0.2) is 30.5 Å². The molecule has 17 heavy (non-hydrogen) atoms. The van der Waals surface area contributed by atoms with Crippen LogP contribution in [-0.2, 0) is 0 Å². The standard InChI is InChI=1S/C13H13N3S/c1-8-12(16-13(14-2)17-8)10-7-15-11-6-4-3-5-9(10)11/h3-7,15H,1-2H3,(H,14,16). The van der Waals surface area contributed by atoms with E-state index in [-0.39, 0.29) is 0 Å². The first-order valence-corrected chi connectivity index (χ1v) is 6.33. The van der Waals surface area contributed by atoms with Gasteiger partial charge in [0.15, 0.2) is 5.13 Å². The zero-order valence-electron chi connectivity index (χ0n) is 9.74. The lowest BCUT2D eigenvalue weighted by molar-refractivity contribution is 1.34. The first-order chi connectivity index (χ1) is 8.29. The van der Waals surface area contributed by atoms with Gasteiger partial charge in [0.1, 0.15) is 0 Å². The SMILES string of the molecule is CNc1nc(-c2c[nH]c3ccccc23)c(C)s1. The number of aromatic amines is 1. The van der Waals surface area contributed by atoms with Gasteiger partial charge >= 0.3 is 0 Å². The number of nitrogens with one attached hydrogen (secondary N) is 2. The fourth-order valence-electron chi connectivity index (χ4n) is 2.02. The summed E-state index contributed by atoms with van der Waals surface area (Å²) < 4.78 is 0. The highest BCUT2D eigenvalue weighted by Crippen LogP contribution is 2.34. The smallest absolute Gasteiger partial charge is 0.183 e. The van der Waals surface area contributed by atoms with Crippen molar-refractivity contribution in [1.82, 2.24) is 9.97 Å². The average molecular weight is 243 g/mol. The number of benzene rings is 1. The van der Waals surface area contributed by atoms with E-state index in [1.165, 1.54) is 15.8 Å². The van der Waals surface area contributed by atoms with Crippen LogP contribution in [0.5, 0.6) is 0 Å². The third-order valence-corrected chi connectivity index (χ3v) is 3.84. The predicted octanol–water partition coefficient (Wildman–Crippen LogP) is 3.64. The number of anilines is 1. The molecular formula is C13H13N3S. The number of aryl methyl sites for hydroxylation is 1. The summed E-state index contributed by atoms with van der Waals surface area (Å²) in [5.74, 6) is 0. The molecule has 3 nitrogen and oxygen atoms in total. The second-order valence-corrected chi connectivity index (χ2v) is 5.12. The number of nitrogens with zero attached hydrogens (tertiary/aromatic N) is 1. The van der Waals surface area contributed by atoms with Crippen LogP contribution in [0.4, 0.5) is 5.13 Å². The molecule has 0 aliphatic rings. The first-order valence-electron chi connectivity index (χ1n) is 5.51. The molecule has 3 rings (SSSR count). The topological polar surface area (TPSA) is 40.7 Å². The van der Waals surface area contributed by atoms with Crippen LogP contribution < -0.4 is 5.32 Å². The van der Waals surface area contributed by atoms with E-state index in [4.69, 9.17) is 0 Å². The van der Waals surface area contributed by atoms with E-state index < -0.39 is 0 Å². The Morgan fingerprint density at radius 2 is 2.12 bits per heavy atom. The van der Waals surface area contributed by atoms with Crippen LogP contribution >= 0.6 is 11.3 Å². The van der Waals surface area contributed by atoms with Crippen molar-refractivity contribution in [1.29, 1.82) is 0 Å². The fraction of sp³-hybridized carbons (Fsp3) is 0.154. The second-order valence-electron chi connectivity index (χ2n) is 3.92. The highest BCUT2D eigenvalue weighted by Gasteiger charge is 2.12. The van der Waals surface area contributed by atoms with E-state index in [2.05, 4.69) is 40.4 Å². The number of hydrogen-bond donors (Lipinski definition) is 2. The molecule has 0 saturated heterocycles. The molecule has 2 heterocycles. The Balaban J connectivity index is 2.23. The van der Waals surface area contributed by atoms with Gasteiger partial charge in [0.25, 0.3) is 0 Å². The normalized spacial score (nSPS) is 10.9. The van der Waals surface area contributed by atoms with Crippen LogP contribution in [-0.4, -0.2) is 17.0 Å². The highest BCUT2D eigenvalue weighted by atomic mass is 32.1. The van der Waals surface area contributed by atoms with Gasteiger partial charge in [-0.3, -0.25) is 0 Å². The maximum absolute atomic E-state index is 4.61. The van der Waals surface area contributed by atoms with Gasteiger partial charge in [-0.25, -0.2) is 4.98 Å². The van der Waals surface area contributed by atoms with Gasteiger partial charge in [-0.1, -0.05) is 18.2 Å². The summed E-state index contributed by atoms with van der Waals surface area (Å²) in [6.45, 7) is 2.11. The van der Waals surface area contributed by atoms with Crippen molar-refractivity contribution >= 4 is 27.4 Å². The van der Waals surface area contributed by atoms with E-state index >= 15 is 0 Å². The van der Waals surface area contributed by atoms with Crippen molar-refractivity contribution in [3.63, 3.8) is 0 Å². The summed E-state index contributed by atoms with van der Waals surface area (Å²) in [6.07, 6.45) is 2.03. The number of hydrogen-bond acceptors (Lipinski definition) is 3. The lowest BCUT2D eigenvalue weighted by Gasteiger charge is -1.95. The van der Waals surface area contributed by atoms with Crippen molar-refractivity contribution in [2.24, 2.45) is 0 Å². The van der Waals surface area contributed by atoms with Crippen LogP contribution in [0.3, 0.4) is 0 Å². The molecule has 0 fully saturated rings. The van der Waals surface area contributed by atoms with Crippen molar-refractivity contribution in [2.45, 2.75) is 6.92 Å². The maximum Gasteiger partial charge on any atom is 0.183 e. The van der Waals surface area contributed by atoms with Gasteiger partial charge in [-0.15, -0.1) is 11.3 Å². The number of H-pyrrole nitrogens is 1. The van der Waals surface area contributed by atoms with Gasteiger partial charge in [0.05, 0.1) is 5.69 Å². The molecule has 0 aliphatic carbocycles. The van der Waals surface area contributed by atoms with E-state index in [0.29, 0.717) is 0 Å². The quantitative estimate of drug-likeness (QED) is 0.721. The summed E-state index contributed by atoms with van der Waals surface area (Å²) in [5, 5.41) is 5.28.